The smallest absolute Gasteiger partial charge is 0.272 e. The Labute approximate surface area is 155 Å². The molecule has 0 aliphatic carbocycles. The van der Waals surface area contributed by atoms with Gasteiger partial charge in [0.1, 0.15) is 5.69 Å². The molecule has 1 aliphatic heterocycles. The molecule has 138 valence electrons. The molecule has 26 heavy (non-hydrogen) atoms. The van der Waals surface area contributed by atoms with Crippen LogP contribution in [0.5, 0.6) is 0 Å². The molecule has 1 amide bonds. The highest BCUT2D eigenvalue weighted by molar-refractivity contribution is 5.92. The second kappa shape index (κ2) is 8.79. The standard InChI is InChI=1S/C21H28N4O/c1-16-8-7-13-25(15-16)20(26)19-14-17(2)23-21(24-19)22-12-6-11-18-9-4-3-5-10-18/h3-5,9-10,14,16H,6-8,11-13,15H2,1-2H3,(H,22,23,24). The van der Waals surface area contributed by atoms with Gasteiger partial charge in [0.05, 0.1) is 0 Å². The van der Waals surface area contributed by atoms with Crippen LogP contribution in [0.4, 0.5) is 5.95 Å². The summed E-state index contributed by atoms with van der Waals surface area (Å²) in [6, 6.07) is 12.2. The lowest BCUT2D eigenvalue weighted by atomic mass is 10.00. The number of nitrogens with zero attached hydrogens (tertiary/aromatic N) is 3. The molecule has 1 fully saturated rings. The number of rotatable bonds is 6. The number of anilines is 1. The van der Waals surface area contributed by atoms with E-state index in [2.05, 4.69) is 46.5 Å². The average molecular weight is 352 g/mol. The maximum Gasteiger partial charge on any atom is 0.272 e. The number of carbonyl (C=O) groups is 1. The van der Waals surface area contributed by atoms with Crippen LogP contribution in [0, 0.1) is 12.8 Å². The molecule has 0 spiro atoms. The third-order valence-electron chi connectivity index (χ3n) is 4.79. The van der Waals surface area contributed by atoms with Gasteiger partial charge in [-0.15, -0.1) is 0 Å². The number of likely N-dealkylation sites (tertiary alicyclic amines) is 1. The van der Waals surface area contributed by atoms with E-state index in [4.69, 9.17) is 0 Å². The zero-order valence-corrected chi connectivity index (χ0v) is 15.7. The van der Waals surface area contributed by atoms with E-state index in [9.17, 15) is 4.79 Å². The molecule has 1 aromatic heterocycles. The number of aromatic nitrogens is 2. The van der Waals surface area contributed by atoms with Gasteiger partial charge in [-0.2, -0.15) is 0 Å². The lowest BCUT2D eigenvalue weighted by molar-refractivity contribution is 0.0677. The van der Waals surface area contributed by atoms with E-state index in [0.29, 0.717) is 17.6 Å². The molecule has 1 saturated heterocycles. The number of nitrogens with one attached hydrogen (secondary N) is 1. The Balaban J connectivity index is 1.57. The summed E-state index contributed by atoms with van der Waals surface area (Å²) in [4.78, 5) is 23.6. The molecular weight excluding hydrogens is 324 g/mol. The molecule has 2 aromatic rings. The lowest BCUT2D eigenvalue weighted by Gasteiger charge is -2.30. The Morgan fingerprint density at radius 1 is 1.27 bits per heavy atom. The maximum absolute atomic E-state index is 12.8. The molecule has 1 atom stereocenters. The second-order valence-electron chi connectivity index (χ2n) is 7.23. The van der Waals surface area contributed by atoms with Crippen molar-refractivity contribution in [1.29, 1.82) is 0 Å². The van der Waals surface area contributed by atoms with Crippen molar-refractivity contribution in [2.45, 2.75) is 39.5 Å². The quantitative estimate of drug-likeness (QED) is 0.805. The highest BCUT2D eigenvalue weighted by atomic mass is 16.2. The summed E-state index contributed by atoms with van der Waals surface area (Å²) in [5.41, 5.74) is 2.64. The fourth-order valence-electron chi connectivity index (χ4n) is 3.43. The van der Waals surface area contributed by atoms with Crippen LogP contribution in [0.2, 0.25) is 0 Å². The summed E-state index contributed by atoms with van der Waals surface area (Å²) in [6.45, 7) is 6.54. The zero-order chi connectivity index (χ0) is 18.4. The van der Waals surface area contributed by atoms with Crippen molar-refractivity contribution in [1.82, 2.24) is 14.9 Å². The Morgan fingerprint density at radius 3 is 2.85 bits per heavy atom. The minimum Gasteiger partial charge on any atom is -0.354 e. The molecule has 0 radical (unpaired) electrons. The summed E-state index contributed by atoms with van der Waals surface area (Å²) in [5.74, 6) is 1.13. The van der Waals surface area contributed by atoms with Gasteiger partial charge in [-0.05, 0) is 50.2 Å². The van der Waals surface area contributed by atoms with Crippen LogP contribution in [0.3, 0.4) is 0 Å². The first-order valence-corrected chi connectivity index (χ1v) is 9.54. The molecule has 3 rings (SSSR count). The van der Waals surface area contributed by atoms with E-state index in [0.717, 1.165) is 44.6 Å². The van der Waals surface area contributed by atoms with Crippen molar-refractivity contribution in [2.75, 3.05) is 25.0 Å². The molecule has 2 heterocycles. The van der Waals surface area contributed by atoms with Crippen LogP contribution in [0.15, 0.2) is 36.4 Å². The van der Waals surface area contributed by atoms with Crippen LogP contribution in [-0.2, 0) is 6.42 Å². The van der Waals surface area contributed by atoms with E-state index in [-0.39, 0.29) is 5.91 Å². The normalized spacial score (nSPS) is 17.2. The monoisotopic (exact) mass is 352 g/mol. The zero-order valence-electron chi connectivity index (χ0n) is 15.7. The predicted molar refractivity (Wildman–Crippen MR) is 104 cm³/mol. The van der Waals surface area contributed by atoms with Crippen LogP contribution < -0.4 is 5.32 Å². The van der Waals surface area contributed by atoms with Gasteiger partial charge in [0.2, 0.25) is 5.95 Å². The molecule has 1 N–H and O–H groups in total. The lowest BCUT2D eigenvalue weighted by Crippen LogP contribution is -2.39. The number of hydrogen-bond donors (Lipinski definition) is 1. The highest BCUT2D eigenvalue weighted by Gasteiger charge is 2.23. The van der Waals surface area contributed by atoms with Crippen LogP contribution in [-0.4, -0.2) is 40.4 Å². The fourth-order valence-corrected chi connectivity index (χ4v) is 3.43. The highest BCUT2D eigenvalue weighted by Crippen LogP contribution is 2.18. The molecule has 0 bridgehead atoms. The average Bonchev–Trinajstić information content (AvgIpc) is 2.65. The van der Waals surface area contributed by atoms with Crippen LogP contribution in [0.1, 0.15) is 47.9 Å². The van der Waals surface area contributed by atoms with Gasteiger partial charge in [0, 0.05) is 25.3 Å². The fraction of sp³-hybridized carbons (Fsp3) is 0.476. The summed E-state index contributed by atoms with van der Waals surface area (Å²) in [6.07, 6.45) is 4.27. The first-order valence-electron chi connectivity index (χ1n) is 9.54. The van der Waals surface area contributed by atoms with Gasteiger partial charge in [0.25, 0.3) is 5.91 Å². The van der Waals surface area contributed by atoms with E-state index in [1.165, 1.54) is 12.0 Å². The van der Waals surface area contributed by atoms with Crippen molar-refractivity contribution < 1.29 is 4.79 Å². The van der Waals surface area contributed by atoms with Crippen molar-refractivity contribution in [3.05, 3.63) is 53.3 Å². The van der Waals surface area contributed by atoms with Crippen molar-refractivity contribution in [3.63, 3.8) is 0 Å². The van der Waals surface area contributed by atoms with E-state index in [1.807, 2.05) is 17.9 Å². The van der Waals surface area contributed by atoms with Gasteiger partial charge < -0.3 is 10.2 Å². The molecular formula is C21H28N4O. The van der Waals surface area contributed by atoms with Crippen LogP contribution >= 0.6 is 0 Å². The summed E-state index contributed by atoms with van der Waals surface area (Å²) >= 11 is 0. The van der Waals surface area contributed by atoms with Crippen LogP contribution in [0.25, 0.3) is 0 Å². The van der Waals surface area contributed by atoms with Crippen molar-refractivity contribution in [2.24, 2.45) is 5.92 Å². The molecule has 0 saturated carbocycles. The van der Waals surface area contributed by atoms with E-state index in [1.54, 1.807) is 6.07 Å². The second-order valence-corrected chi connectivity index (χ2v) is 7.23. The maximum atomic E-state index is 12.8. The third kappa shape index (κ3) is 5.04. The van der Waals surface area contributed by atoms with Gasteiger partial charge >= 0.3 is 0 Å². The number of hydrogen-bond acceptors (Lipinski definition) is 4. The molecule has 1 aliphatic rings. The Morgan fingerprint density at radius 2 is 2.08 bits per heavy atom. The summed E-state index contributed by atoms with van der Waals surface area (Å²) in [7, 11) is 0. The number of carbonyl (C=O) groups excluding carboxylic acids is 1. The largest absolute Gasteiger partial charge is 0.354 e. The Hall–Kier alpha value is -2.43. The van der Waals surface area contributed by atoms with E-state index < -0.39 is 0 Å². The Kier molecular flexibility index (Phi) is 6.21. The van der Waals surface area contributed by atoms with Gasteiger partial charge in [-0.1, -0.05) is 37.3 Å². The topological polar surface area (TPSA) is 58.1 Å². The first-order chi connectivity index (χ1) is 12.6. The van der Waals surface area contributed by atoms with Gasteiger partial charge in [0.15, 0.2) is 0 Å². The number of benzene rings is 1. The molecule has 1 unspecified atom stereocenters. The van der Waals surface area contributed by atoms with Gasteiger partial charge in [-0.3, -0.25) is 4.79 Å². The number of piperidine rings is 1. The summed E-state index contributed by atoms with van der Waals surface area (Å²) < 4.78 is 0. The van der Waals surface area contributed by atoms with Crippen molar-refractivity contribution in [3.8, 4) is 0 Å². The SMILES string of the molecule is Cc1cc(C(=O)N2CCCC(C)C2)nc(NCCCc2ccccc2)n1. The molecule has 5 nitrogen and oxygen atoms in total. The predicted octanol–water partition coefficient (Wildman–Crippen LogP) is 3.70. The molecule has 1 aromatic carbocycles. The Bertz CT molecular complexity index is 732. The minimum atomic E-state index is 0.0226. The number of aryl methyl sites for hydroxylation is 2. The van der Waals surface area contributed by atoms with E-state index >= 15 is 0 Å². The number of amides is 1. The first kappa shape index (κ1) is 18.4. The molecule has 5 heteroatoms. The minimum absolute atomic E-state index is 0.0226. The van der Waals surface area contributed by atoms with Gasteiger partial charge in [-0.25, -0.2) is 9.97 Å². The third-order valence-corrected chi connectivity index (χ3v) is 4.79. The van der Waals surface area contributed by atoms with Crippen molar-refractivity contribution >= 4 is 11.9 Å². The summed E-state index contributed by atoms with van der Waals surface area (Å²) in [5, 5.41) is 3.27.